The predicted octanol–water partition coefficient (Wildman–Crippen LogP) is 2.81. The number of hydrogen-bond acceptors (Lipinski definition) is 6. The maximum absolute atomic E-state index is 13.2. The van der Waals surface area contributed by atoms with Crippen molar-refractivity contribution in [1.29, 1.82) is 0 Å². The first kappa shape index (κ1) is 22.4. The molecule has 2 aromatic carbocycles. The maximum atomic E-state index is 13.2. The van der Waals surface area contributed by atoms with Crippen LogP contribution in [0.15, 0.2) is 48.5 Å². The van der Waals surface area contributed by atoms with Crippen LogP contribution in [0.5, 0.6) is 5.75 Å². The van der Waals surface area contributed by atoms with Crippen LogP contribution in [0.3, 0.4) is 0 Å². The van der Waals surface area contributed by atoms with Gasteiger partial charge in [0, 0.05) is 26.2 Å². The van der Waals surface area contributed by atoms with E-state index in [1.54, 1.807) is 45.9 Å². The van der Waals surface area contributed by atoms with Crippen LogP contribution in [0.25, 0.3) is 0 Å². The van der Waals surface area contributed by atoms with Crippen molar-refractivity contribution in [2.45, 2.75) is 19.3 Å². The number of hydrogen-bond donors (Lipinski definition) is 0. The van der Waals surface area contributed by atoms with Crippen molar-refractivity contribution in [3.05, 3.63) is 76.1 Å². The molecule has 0 N–H and O–H groups in total. The molecule has 34 heavy (non-hydrogen) atoms. The molecule has 9 nitrogen and oxygen atoms in total. The molecule has 3 heterocycles. The molecule has 0 unspecified atom stereocenters. The van der Waals surface area contributed by atoms with E-state index in [-0.39, 0.29) is 24.5 Å². The van der Waals surface area contributed by atoms with Gasteiger partial charge in [0.25, 0.3) is 11.8 Å². The number of piperazine rings is 1. The largest absolute Gasteiger partial charge is 0.497 e. The monoisotopic (exact) mass is 481 g/mol. The van der Waals surface area contributed by atoms with Gasteiger partial charge in [0.2, 0.25) is 0 Å². The number of aromatic nitrogens is 3. The molecule has 1 atom stereocenters. The fourth-order valence-electron chi connectivity index (χ4n) is 4.27. The summed E-state index contributed by atoms with van der Waals surface area (Å²) >= 11 is 6.17. The molecule has 176 valence electrons. The average molecular weight is 482 g/mol. The lowest BCUT2D eigenvalue weighted by atomic mass is 10.1. The van der Waals surface area contributed by atoms with Crippen molar-refractivity contribution < 1.29 is 19.1 Å². The van der Waals surface area contributed by atoms with Crippen molar-refractivity contribution in [2.75, 3.05) is 33.3 Å². The Hall–Kier alpha value is -3.43. The number of amides is 2. The lowest BCUT2D eigenvalue weighted by Gasteiger charge is -2.34. The van der Waals surface area contributed by atoms with Gasteiger partial charge in [0.15, 0.2) is 5.69 Å². The van der Waals surface area contributed by atoms with Gasteiger partial charge in [-0.25, -0.2) is 4.68 Å². The molecule has 5 rings (SSSR count). The Balaban J connectivity index is 1.23. The molecule has 0 spiro atoms. The van der Waals surface area contributed by atoms with Crippen LogP contribution in [0, 0.1) is 0 Å². The lowest BCUT2D eigenvalue weighted by Crippen LogP contribution is -2.50. The number of nitrogens with zero attached hydrogens (tertiary/aromatic N) is 5. The molecular formula is C24H24ClN5O4. The summed E-state index contributed by atoms with van der Waals surface area (Å²) in [4.78, 5) is 29.4. The molecule has 0 bridgehead atoms. The van der Waals surface area contributed by atoms with Gasteiger partial charge in [-0.1, -0.05) is 41.1 Å². The first-order valence-electron chi connectivity index (χ1n) is 11.1. The second-order valence-corrected chi connectivity index (χ2v) is 8.61. The summed E-state index contributed by atoms with van der Waals surface area (Å²) in [5, 5.41) is 8.80. The second kappa shape index (κ2) is 9.44. The molecule has 1 fully saturated rings. The minimum atomic E-state index is -0.197. The Morgan fingerprint density at radius 1 is 1.00 bits per heavy atom. The molecule has 1 saturated heterocycles. The summed E-state index contributed by atoms with van der Waals surface area (Å²) in [6.45, 7) is 2.40. The number of benzene rings is 2. The van der Waals surface area contributed by atoms with Crippen LogP contribution in [0.4, 0.5) is 0 Å². The number of fused-ring (bicyclic) bond motifs is 1. The number of ether oxygens (including phenoxy) is 2. The van der Waals surface area contributed by atoms with Gasteiger partial charge < -0.3 is 19.3 Å². The quantitative estimate of drug-likeness (QED) is 0.569. The highest BCUT2D eigenvalue weighted by molar-refractivity contribution is 6.33. The fraction of sp³-hybridized carbons (Fsp3) is 0.333. The molecule has 0 radical (unpaired) electrons. The zero-order chi connectivity index (χ0) is 23.7. The molecule has 2 amide bonds. The SMILES string of the molecule is COc1ccc([C@@H]2Cn3nnc(C(=O)N4CCN(C(=O)c5ccccc5Cl)CC4)c3CO2)cc1. The van der Waals surface area contributed by atoms with E-state index in [2.05, 4.69) is 10.3 Å². The Kier molecular flexibility index (Phi) is 6.21. The van der Waals surface area contributed by atoms with Crippen molar-refractivity contribution >= 4 is 23.4 Å². The van der Waals surface area contributed by atoms with Gasteiger partial charge in [-0.2, -0.15) is 0 Å². The third-order valence-corrected chi connectivity index (χ3v) is 6.58. The minimum Gasteiger partial charge on any atom is -0.497 e. The van der Waals surface area contributed by atoms with E-state index in [9.17, 15) is 9.59 Å². The average Bonchev–Trinajstić information content (AvgIpc) is 3.31. The summed E-state index contributed by atoms with van der Waals surface area (Å²) in [7, 11) is 1.63. The number of carbonyl (C=O) groups excluding carboxylic acids is 2. The molecular weight excluding hydrogens is 458 g/mol. The number of rotatable bonds is 4. The number of halogens is 1. The van der Waals surface area contributed by atoms with Gasteiger partial charge in [0.05, 0.1) is 36.5 Å². The highest BCUT2D eigenvalue weighted by Gasteiger charge is 2.32. The third kappa shape index (κ3) is 4.24. The molecule has 0 saturated carbocycles. The van der Waals surface area contributed by atoms with E-state index in [4.69, 9.17) is 21.1 Å². The van der Waals surface area contributed by atoms with E-state index >= 15 is 0 Å². The smallest absolute Gasteiger partial charge is 0.276 e. The first-order valence-corrected chi connectivity index (χ1v) is 11.4. The van der Waals surface area contributed by atoms with Crippen molar-refractivity contribution in [1.82, 2.24) is 24.8 Å². The van der Waals surface area contributed by atoms with Crippen LogP contribution >= 0.6 is 11.6 Å². The van der Waals surface area contributed by atoms with E-state index in [1.165, 1.54) is 0 Å². The number of carbonyl (C=O) groups is 2. The number of methoxy groups -OCH3 is 1. The second-order valence-electron chi connectivity index (χ2n) is 8.20. The summed E-state index contributed by atoms with van der Waals surface area (Å²) in [5.74, 6) is 0.455. The zero-order valence-corrected chi connectivity index (χ0v) is 19.4. The topological polar surface area (TPSA) is 89.8 Å². The van der Waals surface area contributed by atoms with Gasteiger partial charge >= 0.3 is 0 Å². The summed E-state index contributed by atoms with van der Waals surface area (Å²) in [5.41, 5.74) is 2.46. The molecule has 0 aliphatic carbocycles. The Bertz CT molecular complexity index is 1200. The summed E-state index contributed by atoms with van der Waals surface area (Å²) in [6.07, 6.45) is -0.178. The zero-order valence-electron chi connectivity index (χ0n) is 18.7. The van der Waals surface area contributed by atoms with Crippen LogP contribution < -0.4 is 4.74 Å². The third-order valence-electron chi connectivity index (χ3n) is 6.25. The fourth-order valence-corrected chi connectivity index (χ4v) is 4.48. The molecule has 3 aromatic rings. The van der Waals surface area contributed by atoms with Crippen LogP contribution in [-0.4, -0.2) is 69.9 Å². The summed E-state index contributed by atoms with van der Waals surface area (Å²) < 4.78 is 13.0. The standard InChI is InChI=1S/C24H24ClN5O4/c1-33-17-8-6-16(7-9-17)21-14-30-20(15-34-21)22(26-27-30)24(32)29-12-10-28(11-13-29)23(31)18-4-2-3-5-19(18)25/h2-9,21H,10-15H2,1H3/t21-/m0/s1. The van der Waals surface area contributed by atoms with Crippen LogP contribution in [0.2, 0.25) is 5.02 Å². The summed E-state index contributed by atoms with van der Waals surface area (Å²) in [6, 6.07) is 14.7. The predicted molar refractivity (Wildman–Crippen MR) is 124 cm³/mol. The molecule has 2 aliphatic heterocycles. The van der Waals surface area contributed by atoms with E-state index in [0.717, 1.165) is 11.3 Å². The molecule has 1 aromatic heterocycles. The van der Waals surface area contributed by atoms with Crippen molar-refractivity contribution in [3.63, 3.8) is 0 Å². The Labute approximate surface area is 201 Å². The van der Waals surface area contributed by atoms with Gasteiger partial charge in [-0.05, 0) is 29.8 Å². The minimum absolute atomic E-state index is 0.128. The van der Waals surface area contributed by atoms with Gasteiger partial charge in [-0.3, -0.25) is 9.59 Å². The van der Waals surface area contributed by atoms with E-state index in [0.29, 0.717) is 54.7 Å². The highest BCUT2D eigenvalue weighted by Crippen LogP contribution is 2.28. The van der Waals surface area contributed by atoms with Crippen LogP contribution in [-0.2, 0) is 17.9 Å². The van der Waals surface area contributed by atoms with Gasteiger partial charge in [-0.15, -0.1) is 5.10 Å². The Morgan fingerprint density at radius 3 is 2.35 bits per heavy atom. The van der Waals surface area contributed by atoms with Gasteiger partial charge in [0.1, 0.15) is 11.9 Å². The van der Waals surface area contributed by atoms with Crippen molar-refractivity contribution in [3.8, 4) is 5.75 Å². The Morgan fingerprint density at radius 2 is 1.68 bits per heavy atom. The first-order chi connectivity index (χ1) is 16.5. The highest BCUT2D eigenvalue weighted by atomic mass is 35.5. The normalized spacial score (nSPS) is 17.9. The molecule has 2 aliphatic rings. The lowest BCUT2D eigenvalue weighted by molar-refractivity contribution is -0.00204. The van der Waals surface area contributed by atoms with Crippen LogP contribution in [0.1, 0.15) is 38.2 Å². The molecule has 10 heteroatoms. The van der Waals surface area contributed by atoms with Crippen molar-refractivity contribution in [2.24, 2.45) is 0 Å². The van der Waals surface area contributed by atoms with E-state index < -0.39 is 0 Å². The van der Waals surface area contributed by atoms with E-state index in [1.807, 2.05) is 24.3 Å². The maximum Gasteiger partial charge on any atom is 0.276 e.